The van der Waals surface area contributed by atoms with Crippen LogP contribution in [0.15, 0.2) is 18.2 Å². The summed E-state index contributed by atoms with van der Waals surface area (Å²) in [6.45, 7) is 4.06. The third-order valence-corrected chi connectivity index (χ3v) is 3.15. The number of anilines is 1. The fraction of sp³-hybridized carbons (Fsp3) is 0.500. The molecule has 1 aromatic carbocycles. The van der Waals surface area contributed by atoms with Crippen LogP contribution in [0.1, 0.15) is 24.0 Å². The summed E-state index contributed by atoms with van der Waals surface area (Å²) in [6.07, 6.45) is 1.18. The molecule has 0 amide bonds. The van der Waals surface area contributed by atoms with Gasteiger partial charge in [-0.1, -0.05) is 19.1 Å². The van der Waals surface area contributed by atoms with Gasteiger partial charge in [0.1, 0.15) is 0 Å². The molecule has 1 aromatic rings. The molecule has 0 saturated carbocycles. The number of benzene rings is 1. The van der Waals surface area contributed by atoms with Gasteiger partial charge in [0, 0.05) is 19.3 Å². The van der Waals surface area contributed by atoms with E-state index in [0.29, 0.717) is 5.92 Å². The number of rotatable bonds is 2. The molecule has 1 unspecified atom stereocenters. The number of nitrogens with two attached hydrogens (primary N) is 1. The van der Waals surface area contributed by atoms with Crippen LogP contribution in [0.5, 0.6) is 0 Å². The van der Waals surface area contributed by atoms with Gasteiger partial charge in [-0.25, -0.2) is 0 Å². The SMILES string of the molecule is CC(CN)c1ccc2c(c1)CCN2C. The quantitative estimate of drug-likeness (QED) is 0.769. The van der Waals surface area contributed by atoms with Gasteiger partial charge < -0.3 is 10.6 Å². The van der Waals surface area contributed by atoms with E-state index in [1.165, 1.54) is 23.2 Å². The number of likely N-dealkylation sites (N-methyl/N-ethyl adjacent to an activating group) is 1. The predicted octanol–water partition coefficient (Wildman–Crippen LogP) is 1.74. The summed E-state index contributed by atoms with van der Waals surface area (Å²) in [7, 11) is 2.15. The highest BCUT2D eigenvalue weighted by molar-refractivity contribution is 5.58. The van der Waals surface area contributed by atoms with Gasteiger partial charge in [0.25, 0.3) is 0 Å². The Labute approximate surface area is 85.7 Å². The second kappa shape index (κ2) is 3.62. The first kappa shape index (κ1) is 9.53. The minimum atomic E-state index is 0.478. The van der Waals surface area contributed by atoms with Crippen molar-refractivity contribution in [3.05, 3.63) is 29.3 Å². The number of hydrogen-bond acceptors (Lipinski definition) is 2. The van der Waals surface area contributed by atoms with Crippen molar-refractivity contribution in [2.24, 2.45) is 5.73 Å². The molecule has 2 rings (SSSR count). The Bertz CT molecular complexity index is 333. The van der Waals surface area contributed by atoms with Crippen molar-refractivity contribution in [2.75, 3.05) is 25.0 Å². The fourth-order valence-corrected chi connectivity index (χ4v) is 2.03. The highest BCUT2D eigenvalue weighted by Crippen LogP contribution is 2.29. The maximum Gasteiger partial charge on any atom is 0.0397 e. The van der Waals surface area contributed by atoms with Gasteiger partial charge in [-0.2, -0.15) is 0 Å². The molecule has 14 heavy (non-hydrogen) atoms. The summed E-state index contributed by atoms with van der Waals surface area (Å²) in [6, 6.07) is 6.75. The molecule has 0 fully saturated rings. The minimum absolute atomic E-state index is 0.478. The zero-order valence-corrected chi connectivity index (χ0v) is 8.96. The first-order valence-electron chi connectivity index (χ1n) is 5.26. The molecule has 2 nitrogen and oxygen atoms in total. The lowest BCUT2D eigenvalue weighted by molar-refractivity contribution is 0.773. The Hall–Kier alpha value is -1.02. The van der Waals surface area contributed by atoms with E-state index < -0.39 is 0 Å². The molecule has 2 heteroatoms. The summed E-state index contributed by atoms with van der Waals surface area (Å²) in [5.74, 6) is 0.478. The molecule has 2 N–H and O–H groups in total. The van der Waals surface area contributed by atoms with E-state index in [1.807, 2.05) is 0 Å². The van der Waals surface area contributed by atoms with Crippen molar-refractivity contribution in [2.45, 2.75) is 19.3 Å². The third kappa shape index (κ3) is 1.50. The van der Waals surface area contributed by atoms with Crippen molar-refractivity contribution >= 4 is 5.69 Å². The Morgan fingerprint density at radius 3 is 3.00 bits per heavy atom. The Morgan fingerprint density at radius 1 is 1.50 bits per heavy atom. The molecular formula is C12H18N2. The Morgan fingerprint density at radius 2 is 2.29 bits per heavy atom. The van der Waals surface area contributed by atoms with Gasteiger partial charge in [-0.15, -0.1) is 0 Å². The minimum Gasteiger partial charge on any atom is -0.374 e. The van der Waals surface area contributed by atoms with Gasteiger partial charge in [0.2, 0.25) is 0 Å². The van der Waals surface area contributed by atoms with Crippen molar-refractivity contribution in [1.82, 2.24) is 0 Å². The lowest BCUT2D eigenvalue weighted by atomic mass is 9.98. The second-order valence-electron chi connectivity index (χ2n) is 4.20. The van der Waals surface area contributed by atoms with Crippen LogP contribution in [-0.4, -0.2) is 20.1 Å². The molecular weight excluding hydrogens is 172 g/mol. The van der Waals surface area contributed by atoms with Crippen molar-refractivity contribution in [3.63, 3.8) is 0 Å². The standard InChI is InChI=1S/C12H18N2/c1-9(8-13)10-3-4-12-11(7-10)5-6-14(12)2/h3-4,7,9H,5-6,8,13H2,1-2H3. The highest BCUT2D eigenvalue weighted by Gasteiger charge is 2.16. The van der Waals surface area contributed by atoms with Crippen LogP contribution in [0, 0.1) is 0 Å². The van der Waals surface area contributed by atoms with Gasteiger partial charge in [0.15, 0.2) is 0 Å². The van der Waals surface area contributed by atoms with Gasteiger partial charge >= 0.3 is 0 Å². The Balaban J connectivity index is 2.32. The monoisotopic (exact) mass is 190 g/mol. The molecule has 0 aliphatic carbocycles. The van der Waals surface area contributed by atoms with Gasteiger partial charge in [-0.05, 0) is 36.1 Å². The molecule has 0 saturated heterocycles. The molecule has 0 bridgehead atoms. The first-order chi connectivity index (χ1) is 6.72. The smallest absolute Gasteiger partial charge is 0.0397 e. The predicted molar refractivity (Wildman–Crippen MR) is 60.9 cm³/mol. The average molecular weight is 190 g/mol. The largest absolute Gasteiger partial charge is 0.374 e. The number of hydrogen-bond donors (Lipinski definition) is 1. The van der Waals surface area contributed by atoms with Crippen LogP contribution < -0.4 is 10.6 Å². The van der Waals surface area contributed by atoms with E-state index in [9.17, 15) is 0 Å². The molecule has 1 heterocycles. The van der Waals surface area contributed by atoms with E-state index >= 15 is 0 Å². The van der Waals surface area contributed by atoms with Crippen LogP contribution in [0.2, 0.25) is 0 Å². The molecule has 0 radical (unpaired) electrons. The second-order valence-corrected chi connectivity index (χ2v) is 4.20. The molecule has 1 aliphatic heterocycles. The molecule has 1 atom stereocenters. The summed E-state index contributed by atoms with van der Waals surface area (Å²) in [4.78, 5) is 2.31. The zero-order valence-electron chi connectivity index (χ0n) is 8.96. The topological polar surface area (TPSA) is 29.3 Å². The van der Waals surface area contributed by atoms with Crippen LogP contribution >= 0.6 is 0 Å². The summed E-state index contributed by atoms with van der Waals surface area (Å²) < 4.78 is 0. The van der Waals surface area contributed by atoms with E-state index in [2.05, 4.69) is 37.1 Å². The highest BCUT2D eigenvalue weighted by atomic mass is 15.1. The van der Waals surface area contributed by atoms with Crippen molar-refractivity contribution in [1.29, 1.82) is 0 Å². The van der Waals surface area contributed by atoms with Gasteiger partial charge in [0.05, 0.1) is 0 Å². The van der Waals surface area contributed by atoms with Crippen molar-refractivity contribution < 1.29 is 0 Å². The summed E-state index contributed by atoms with van der Waals surface area (Å²) in [5, 5.41) is 0. The fourth-order valence-electron chi connectivity index (χ4n) is 2.03. The van der Waals surface area contributed by atoms with E-state index in [4.69, 9.17) is 5.73 Å². The zero-order chi connectivity index (χ0) is 10.1. The van der Waals surface area contributed by atoms with Crippen LogP contribution in [0.4, 0.5) is 5.69 Å². The number of nitrogens with zero attached hydrogens (tertiary/aromatic N) is 1. The maximum atomic E-state index is 5.67. The summed E-state index contributed by atoms with van der Waals surface area (Å²) >= 11 is 0. The van der Waals surface area contributed by atoms with Crippen molar-refractivity contribution in [3.8, 4) is 0 Å². The van der Waals surface area contributed by atoms with Crippen LogP contribution in [-0.2, 0) is 6.42 Å². The molecule has 0 aromatic heterocycles. The Kier molecular flexibility index (Phi) is 2.46. The molecule has 76 valence electrons. The molecule has 0 spiro atoms. The molecule has 1 aliphatic rings. The lowest BCUT2D eigenvalue weighted by Crippen LogP contribution is -2.12. The summed E-state index contributed by atoms with van der Waals surface area (Å²) in [5.41, 5.74) is 9.91. The van der Waals surface area contributed by atoms with E-state index in [-0.39, 0.29) is 0 Å². The normalized spacial score (nSPS) is 16.9. The van der Waals surface area contributed by atoms with Gasteiger partial charge in [-0.3, -0.25) is 0 Å². The number of fused-ring (bicyclic) bond motifs is 1. The average Bonchev–Trinajstić information content (AvgIpc) is 2.59. The van der Waals surface area contributed by atoms with Crippen LogP contribution in [0.3, 0.4) is 0 Å². The van der Waals surface area contributed by atoms with E-state index in [1.54, 1.807) is 0 Å². The maximum absolute atomic E-state index is 5.67. The van der Waals surface area contributed by atoms with E-state index in [0.717, 1.165) is 13.1 Å². The van der Waals surface area contributed by atoms with Crippen LogP contribution in [0.25, 0.3) is 0 Å². The first-order valence-corrected chi connectivity index (χ1v) is 5.26. The lowest BCUT2D eigenvalue weighted by Gasteiger charge is -2.14. The third-order valence-electron chi connectivity index (χ3n) is 3.15.